The van der Waals surface area contributed by atoms with E-state index in [2.05, 4.69) is 38.3 Å². The second-order valence-electron chi connectivity index (χ2n) is 9.09. The van der Waals surface area contributed by atoms with E-state index in [0.29, 0.717) is 6.54 Å². The lowest BCUT2D eigenvalue weighted by atomic mass is 10.1. The molecule has 1 aromatic heterocycles. The van der Waals surface area contributed by atoms with E-state index in [-0.39, 0.29) is 24.2 Å². The topological polar surface area (TPSA) is 57.7 Å². The Kier molecular flexibility index (Phi) is 8.81. The molecule has 184 valence electrons. The van der Waals surface area contributed by atoms with Gasteiger partial charge in [0.1, 0.15) is 17.7 Å². The van der Waals surface area contributed by atoms with Crippen LogP contribution in [0.4, 0.5) is 4.39 Å². The van der Waals surface area contributed by atoms with E-state index in [1.165, 1.54) is 23.3 Å². The second-order valence-corrected chi connectivity index (χ2v) is 9.09. The van der Waals surface area contributed by atoms with Gasteiger partial charge in [-0.1, -0.05) is 30.3 Å². The molecule has 0 radical (unpaired) electrons. The van der Waals surface area contributed by atoms with E-state index in [4.69, 9.17) is 4.74 Å². The summed E-state index contributed by atoms with van der Waals surface area (Å²) < 4.78 is 18.9. The Hall–Kier alpha value is -3.29. The molecule has 1 unspecified atom stereocenters. The highest BCUT2D eigenvalue weighted by atomic mass is 19.1. The van der Waals surface area contributed by atoms with Crippen molar-refractivity contribution in [1.82, 2.24) is 20.1 Å². The molecule has 1 N–H and O–H groups in total. The van der Waals surface area contributed by atoms with Gasteiger partial charge in [0.25, 0.3) is 0 Å². The highest BCUT2D eigenvalue weighted by Crippen LogP contribution is 2.16. The molecular weight excluding hydrogens is 443 g/mol. The van der Waals surface area contributed by atoms with Gasteiger partial charge in [0.15, 0.2) is 0 Å². The van der Waals surface area contributed by atoms with Crippen molar-refractivity contribution in [3.63, 3.8) is 0 Å². The van der Waals surface area contributed by atoms with E-state index in [9.17, 15) is 9.18 Å². The van der Waals surface area contributed by atoms with Crippen LogP contribution in [0.25, 0.3) is 0 Å². The lowest BCUT2D eigenvalue weighted by molar-refractivity contribution is -0.120. The fraction of sp³-hybridized carbons (Fsp3) is 0.357. The van der Waals surface area contributed by atoms with Crippen molar-refractivity contribution < 1.29 is 13.9 Å². The van der Waals surface area contributed by atoms with Crippen molar-refractivity contribution in [2.45, 2.75) is 32.5 Å². The smallest absolute Gasteiger partial charge is 0.224 e. The molecule has 1 saturated heterocycles. The summed E-state index contributed by atoms with van der Waals surface area (Å²) in [5.74, 6) is 0.375. The van der Waals surface area contributed by atoms with Gasteiger partial charge >= 0.3 is 0 Å². The maximum absolute atomic E-state index is 13.0. The average Bonchev–Trinajstić information content (AvgIpc) is 2.87. The Labute approximate surface area is 206 Å². The van der Waals surface area contributed by atoms with Crippen LogP contribution in [0, 0.1) is 5.82 Å². The minimum absolute atomic E-state index is 0.108. The Morgan fingerprint density at radius 3 is 2.20 bits per heavy atom. The summed E-state index contributed by atoms with van der Waals surface area (Å²) in [6.45, 7) is 8.43. The fourth-order valence-corrected chi connectivity index (χ4v) is 4.17. The summed E-state index contributed by atoms with van der Waals surface area (Å²) in [5, 5.41) is 2.88. The number of pyridine rings is 1. The van der Waals surface area contributed by atoms with Gasteiger partial charge in [0.05, 0.1) is 13.0 Å². The van der Waals surface area contributed by atoms with Crippen LogP contribution in [0.5, 0.6) is 5.75 Å². The van der Waals surface area contributed by atoms with Crippen molar-refractivity contribution in [1.29, 1.82) is 0 Å². The number of amides is 1. The van der Waals surface area contributed by atoms with Crippen LogP contribution in [0.15, 0.2) is 73.1 Å². The van der Waals surface area contributed by atoms with Crippen LogP contribution >= 0.6 is 0 Å². The number of aromatic nitrogens is 1. The monoisotopic (exact) mass is 476 g/mol. The Bertz CT molecular complexity index is 1050. The number of halogens is 1. The van der Waals surface area contributed by atoms with Crippen molar-refractivity contribution >= 4 is 5.91 Å². The number of rotatable bonds is 10. The molecule has 0 saturated carbocycles. The number of nitrogens with zero attached hydrogens (tertiary/aromatic N) is 3. The lowest BCUT2D eigenvalue weighted by Gasteiger charge is -2.34. The van der Waals surface area contributed by atoms with Gasteiger partial charge in [-0.3, -0.25) is 19.6 Å². The third-order valence-corrected chi connectivity index (χ3v) is 6.13. The first-order valence-electron chi connectivity index (χ1n) is 12.1. The zero-order chi connectivity index (χ0) is 24.5. The summed E-state index contributed by atoms with van der Waals surface area (Å²) in [4.78, 5) is 21.3. The first kappa shape index (κ1) is 24.8. The number of ether oxygens (including phenoxy) is 1. The Balaban J connectivity index is 1.15. The molecule has 2 heterocycles. The van der Waals surface area contributed by atoms with Crippen molar-refractivity contribution in [3.05, 3.63) is 95.6 Å². The SMILES string of the molecule is CC(CNC(=O)Cc1ccc(F)cc1)Oc1ccc(CN2CCN(Cc3cccnc3)CC2)cc1. The molecule has 1 aliphatic heterocycles. The molecule has 4 rings (SSSR count). The zero-order valence-corrected chi connectivity index (χ0v) is 20.2. The largest absolute Gasteiger partial charge is 0.489 e. The van der Waals surface area contributed by atoms with Crippen molar-refractivity contribution in [2.24, 2.45) is 0 Å². The summed E-state index contributed by atoms with van der Waals surface area (Å²) in [6.07, 6.45) is 3.82. The number of benzene rings is 2. The van der Waals surface area contributed by atoms with E-state index < -0.39 is 0 Å². The first-order chi connectivity index (χ1) is 17.0. The van der Waals surface area contributed by atoms with E-state index in [1.807, 2.05) is 37.5 Å². The van der Waals surface area contributed by atoms with Crippen molar-refractivity contribution in [2.75, 3.05) is 32.7 Å². The molecule has 1 fully saturated rings. The van der Waals surface area contributed by atoms with Gasteiger partial charge in [-0.25, -0.2) is 4.39 Å². The fourth-order valence-electron chi connectivity index (χ4n) is 4.17. The van der Waals surface area contributed by atoms with Gasteiger partial charge in [0, 0.05) is 51.7 Å². The normalized spacial score (nSPS) is 15.5. The third-order valence-electron chi connectivity index (χ3n) is 6.13. The van der Waals surface area contributed by atoms with Crippen LogP contribution in [0.3, 0.4) is 0 Å². The van der Waals surface area contributed by atoms with E-state index in [0.717, 1.165) is 50.6 Å². The molecule has 1 aliphatic rings. The van der Waals surface area contributed by atoms with Gasteiger partial charge in [-0.05, 0) is 53.9 Å². The number of carbonyl (C=O) groups is 1. The van der Waals surface area contributed by atoms with Crippen LogP contribution in [0.2, 0.25) is 0 Å². The van der Waals surface area contributed by atoms with Gasteiger partial charge < -0.3 is 10.1 Å². The quantitative estimate of drug-likeness (QED) is 0.484. The van der Waals surface area contributed by atoms with Crippen LogP contribution in [0.1, 0.15) is 23.6 Å². The molecule has 6 nitrogen and oxygen atoms in total. The minimum Gasteiger partial charge on any atom is -0.489 e. The van der Waals surface area contributed by atoms with Gasteiger partial charge in [-0.2, -0.15) is 0 Å². The molecule has 1 amide bonds. The van der Waals surface area contributed by atoms with Crippen LogP contribution in [-0.2, 0) is 24.3 Å². The Morgan fingerprint density at radius 1 is 0.943 bits per heavy atom. The minimum atomic E-state index is -0.304. The highest BCUT2D eigenvalue weighted by molar-refractivity contribution is 5.78. The van der Waals surface area contributed by atoms with E-state index >= 15 is 0 Å². The van der Waals surface area contributed by atoms with Gasteiger partial charge in [-0.15, -0.1) is 0 Å². The molecular formula is C28H33FN4O2. The molecule has 3 aromatic rings. The average molecular weight is 477 g/mol. The maximum Gasteiger partial charge on any atom is 0.224 e. The number of piperazine rings is 1. The molecule has 0 aliphatic carbocycles. The first-order valence-corrected chi connectivity index (χ1v) is 12.1. The summed E-state index contributed by atoms with van der Waals surface area (Å²) in [5.41, 5.74) is 3.31. The number of hydrogen-bond acceptors (Lipinski definition) is 5. The number of carbonyl (C=O) groups excluding carboxylic acids is 1. The predicted octanol–water partition coefficient (Wildman–Crippen LogP) is 3.66. The molecule has 0 spiro atoms. The standard InChI is InChI=1S/C28H33FN4O2/c1-22(18-31-28(34)17-23-4-8-26(29)9-5-23)35-27-10-6-24(7-11-27)20-32-13-15-33(16-14-32)21-25-3-2-12-30-19-25/h2-12,19,22H,13-18,20-21H2,1H3,(H,31,34). The summed E-state index contributed by atoms with van der Waals surface area (Å²) in [7, 11) is 0. The van der Waals surface area contributed by atoms with Crippen LogP contribution < -0.4 is 10.1 Å². The molecule has 1 atom stereocenters. The molecule has 0 bridgehead atoms. The summed E-state index contributed by atoms with van der Waals surface area (Å²) >= 11 is 0. The second kappa shape index (κ2) is 12.4. The van der Waals surface area contributed by atoms with E-state index in [1.54, 1.807) is 12.1 Å². The Morgan fingerprint density at radius 2 is 1.57 bits per heavy atom. The van der Waals surface area contributed by atoms with Crippen LogP contribution in [-0.4, -0.2) is 59.5 Å². The third kappa shape index (κ3) is 8.16. The predicted molar refractivity (Wildman–Crippen MR) is 134 cm³/mol. The number of nitrogens with one attached hydrogen (secondary N) is 1. The zero-order valence-electron chi connectivity index (χ0n) is 20.2. The lowest BCUT2D eigenvalue weighted by Crippen LogP contribution is -2.45. The van der Waals surface area contributed by atoms with Gasteiger partial charge in [0.2, 0.25) is 5.91 Å². The molecule has 35 heavy (non-hydrogen) atoms. The highest BCUT2D eigenvalue weighted by Gasteiger charge is 2.17. The summed E-state index contributed by atoms with van der Waals surface area (Å²) in [6, 6.07) is 18.3. The molecule has 7 heteroatoms. The maximum atomic E-state index is 13.0. The number of hydrogen-bond donors (Lipinski definition) is 1. The molecule has 2 aromatic carbocycles. The van der Waals surface area contributed by atoms with Crippen molar-refractivity contribution in [3.8, 4) is 5.75 Å².